The van der Waals surface area contributed by atoms with E-state index < -0.39 is 0 Å². The van der Waals surface area contributed by atoms with Gasteiger partial charge in [0, 0.05) is 6.42 Å². The van der Waals surface area contributed by atoms with Crippen molar-refractivity contribution in [2.75, 3.05) is 13.7 Å². The minimum Gasteiger partial charge on any atom is -0.495 e. The smallest absolute Gasteiger partial charge is 0.173 e. The molecule has 0 N–H and O–H groups in total. The van der Waals surface area contributed by atoms with Crippen LogP contribution in [0.4, 0.5) is 0 Å². The van der Waals surface area contributed by atoms with Crippen molar-refractivity contribution in [3.63, 3.8) is 0 Å². The number of hydrogen-bond acceptors (Lipinski definition) is 3. The molecule has 0 bridgehead atoms. The van der Waals surface area contributed by atoms with Crippen LogP contribution in [0.5, 0.6) is 11.5 Å². The van der Waals surface area contributed by atoms with Crippen LogP contribution in [0.2, 0.25) is 0 Å². The van der Waals surface area contributed by atoms with Crippen molar-refractivity contribution < 1.29 is 14.3 Å². The molecule has 1 aromatic carbocycles. The number of ether oxygens (including phenoxy) is 2. The minimum atomic E-state index is 0.0735. The van der Waals surface area contributed by atoms with E-state index in [9.17, 15) is 4.79 Å². The highest BCUT2D eigenvalue weighted by atomic mass is 79.9. The molecule has 0 radical (unpaired) electrons. The van der Waals surface area contributed by atoms with Crippen LogP contribution >= 0.6 is 15.9 Å². The highest BCUT2D eigenvalue weighted by Crippen LogP contribution is 2.38. The second kappa shape index (κ2) is 3.61. The summed E-state index contributed by atoms with van der Waals surface area (Å²) in [6.45, 7) is 0.455. The third kappa shape index (κ3) is 1.39. The lowest BCUT2D eigenvalue weighted by molar-refractivity contribution is 0.0929. The lowest BCUT2D eigenvalue weighted by Crippen LogP contribution is -2.16. The zero-order valence-corrected chi connectivity index (χ0v) is 9.26. The van der Waals surface area contributed by atoms with Gasteiger partial charge < -0.3 is 9.47 Å². The topological polar surface area (TPSA) is 35.5 Å². The van der Waals surface area contributed by atoms with E-state index in [1.54, 1.807) is 13.2 Å². The van der Waals surface area contributed by atoms with E-state index >= 15 is 0 Å². The molecule has 0 amide bonds. The summed E-state index contributed by atoms with van der Waals surface area (Å²) < 4.78 is 11.3. The fourth-order valence-electron chi connectivity index (χ4n) is 1.50. The largest absolute Gasteiger partial charge is 0.495 e. The monoisotopic (exact) mass is 256 g/mol. The summed E-state index contributed by atoms with van der Waals surface area (Å²) in [6.07, 6.45) is 0.416. The summed E-state index contributed by atoms with van der Waals surface area (Å²) in [4.78, 5) is 11.6. The Balaban J connectivity index is 2.63. The van der Waals surface area contributed by atoms with Gasteiger partial charge in [-0.1, -0.05) is 0 Å². The number of benzene rings is 1. The van der Waals surface area contributed by atoms with E-state index in [1.807, 2.05) is 6.07 Å². The fourth-order valence-corrected chi connectivity index (χ4v) is 1.99. The van der Waals surface area contributed by atoms with E-state index in [1.165, 1.54) is 0 Å². The highest BCUT2D eigenvalue weighted by molar-refractivity contribution is 9.10. The lowest BCUT2D eigenvalue weighted by Gasteiger charge is -2.19. The number of carbonyl (C=O) groups excluding carboxylic acids is 1. The Hall–Kier alpha value is -1.03. The summed E-state index contributed by atoms with van der Waals surface area (Å²) in [5.74, 6) is 1.25. The van der Waals surface area contributed by atoms with Crippen molar-refractivity contribution in [3.8, 4) is 11.5 Å². The summed E-state index contributed by atoms with van der Waals surface area (Å²) in [5, 5.41) is 0. The molecule has 0 aromatic heterocycles. The number of hydrogen-bond donors (Lipinski definition) is 0. The van der Waals surface area contributed by atoms with Crippen LogP contribution in [-0.4, -0.2) is 19.5 Å². The molecule has 2 rings (SSSR count). The van der Waals surface area contributed by atoms with Gasteiger partial charge in [-0.3, -0.25) is 4.79 Å². The molecule has 0 spiro atoms. The fraction of sp³-hybridized carbons (Fsp3) is 0.300. The second-order valence-electron chi connectivity index (χ2n) is 2.98. The first-order valence-electron chi connectivity index (χ1n) is 4.26. The Morgan fingerprint density at radius 3 is 3.00 bits per heavy atom. The Bertz CT molecular complexity index is 387. The molecule has 0 aliphatic carbocycles. The number of fused-ring (bicyclic) bond motifs is 1. The van der Waals surface area contributed by atoms with Gasteiger partial charge in [-0.25, -0.2) is 0 Å². The summed E-state index contributed by atoms with van der Waals surface area (Å²) in [6, 6.07) is 3.59. The molecule has 0 saturated heterocycles. The van der Waals surface area contributed by atoms with Crippen LogP contribution in [-0.2, 0) is 0 Å². The second-order valence-corrected chi connectivity index (χ2v) is 3.83. The maximum Gasteiger partial charge on any atom is 0.173 e. The molecule has 1 aromatic rings. The zero-order chi connectivity index (χ0) is 10.1. The van der Waals surface area contributed by atoms with Gasteiger partial charge in [0.1, 0.15) is 17.1 Å². The molecule has 1 aliphatic rings. The molecule has 0 fully saturated rings. The molecule has 1 aliphatic heterocycles. The number of rotatable bonds is 1. The van der Waals surface area contributed by atoms with Crippen molar-refractivity contribution >= 4 is 21.7 Å². The first-order chi connectivity index (χ1) is 6.74. The summed E-state index contributed by atoms with van der Waals surface area (Å²) >= 11 is 3.33. The average molecular weight is 257 g/mol. The molecular weight excluding hydrogens is 248 g/mol. The van der Waals surface area contributed by atoms with Crippen molar-refractivity contribution in [1.29, 1.82) is 0 Å². The Morgan fingerprint density at radius 1 is 1.50 bits per heavy atom. The highest BCUT2D eigenvalue weighted by Gasteiger charge is 2.24. The normalized spacial score (nSPS) is 14.6. The number of Topliss-reactive ketones (excluding diaryl/α,β-unsaturated/α-hetero) is 1. The number of halogens is 1. The lowest BCUT2D eigenvalue weighted by atomic mass is 10.0. The maximum absolute atomic E-state index is 11.6. The molecular formula is C10H9BrO3. The predicted molar refractivity (Wildman–Crippen MR) is 55.1 cm³/mol. The Morgan fingerprint density at radius 2 is 2.29 bits per heavy atom. The number of methoxy groups -OCH3 is 1. The van der Waals surface area contributed by atoms with Crippen molar-refractivity contribution in [1.82, 2.24) is 0 Å². The van der Waals surface area contributed by atoms with Gasteiger partial charge in [0.05, 0.1) is 18.2 Å². The van der Waals surface area contributed by atoms with Crippen LogP contribution in [0, 0.1) is 0 Å². The van der Waals surface area contributed by atoms with E-state index in [2.05, 4.69) is 15.9 Å². The number of ketones is 1. The third-order valence-corrected chi connectivity index (χ3v) is 2.77. The average Bonchev–Trinajstić information content (AvgIpc) is 2.19. The van der Waals surface area contributed by atoms with E-state index in [-0.39, 0.29) is 5.78 Å². The standard InChI is InChI=1S/C10H9BrO3/c1-13-10-6(11)2-3-8-9(10)7(12)4-5-14-8/h2-3H,4-5H2,1H3. The van der Waals surface area contributed by atoms with Gasteiger partial charge in [-0.2, -0.15) is 0 Å². The van der Waals surface area contributed by atoms with Crippen LogP contribution in [0.3, 0.4) is 0 Å². The third-order valence-electron chi connectivity index (χ3n) is 2.14. The van der Waals surface area contributed by atoms with Gasteiger partial charge in [-0.15, -0.1) is 0 Å². The Kier molecular flexibility index (Phi) is 2.46. The molecule has 3 nitrogen and oxygen atoms in total. The van der Waals surface area contributed by atoms with Crippen molar-refractivity contribution in [3.05, 3.63) is 22.2 Å². The first-order valence-corrected chi connectivity index (χ1v) is 5.06. The molecule has 14 heavy (non-hydrogen) atoms. The molecule has 0 saturated carbocycles. The maximum atomic E-state index is 11.6. The minimum absolute atomic E-state index is 0.0735. The van der Waals surface area contributed by atoms with Gasteiger partial charge >= 0.3 is 0 Å². The first kappa shape index (κ1) is 9.52. The molecule has 0 atom stereocenters. The summed E-state index contributed by atoms with van der Waals surface area (Å²) in [5.41, 5.74) is 0.549. The van der Waals surface area contributed by atoms with Gasteiger partial charge in [0.15, 0.2) is 5.78 Å². The van der Waals surface area contributed by atoms with Crippen LogP contribution in [0.15, 0.2) is 16.6 Å². The number of carbonyl (C=O) groups is 1. The molecule has 74 valence electrons. The van der Waals surface area contributed by atoms with Crippen LogP contribution in [0.25, 0.3) is 0 Å². The SMILES string of the molecule is COc1c(Br)ccc2c1C(=O)CCO2. The summed E-state index contributed by atoms with van der Waals surface area (Å²) in [7, 11) is 1.54. The van der Waals surface area contributed by atoms with Gasteiger partial charge in [0.25, 0.3) is 0 Å². The van der Waals surface area contributed by atoms with E-state index in [4.69, 9.17) is 9.47 Å². The zero-order valence-electron chi connectivity index (χ0n) is 7.67. The Labute approximate surface area is 90.1 Å². The van der Waals surface area contributed by atoms with Crippen molar-refractivity contribution in [2.45, 2.75) is 6.42 Å². The van der Waals surface area contributed by atoms with E-state index in [0.717, 1.165) is 4.47 Å². The quantitative estimate of drug-likeness (QED) is 0.775. The van der Waals surface area contributed by atoms with Crippen LogP contribution < -0.4 is 9.47 Å². The predicted octanol–water partition coefficient (Wildman–Crippen LogP) is 2.42. The van der Waals surface area contributed by atoms with Crippen molar-refractivity contribution in [2.24, 2.45) is 0 Å². The van der Waals surface area contributed by atoms with Crippen LogP contribution in [0.1, 0.15) is 16.8 Å². The van der Waals surface area contributed by atoms with Gasteiger partial charge in [0.2, 0.25) is 0 Å². The molecule has 0 unspecified atom stereocenters. The molecule has 4 heteroatoms. The van der Waals surface area contributed by atoms with Gasteiger partial charge in [-0.05, 0) is 28.1 Å². The van der Waals surface area contributed by atoms with E-state index in [0.29, 0.717) is 30.1 Å². The molecule has 1 heterocycles.